The van der Waals surface area contributed by atoms with E-state index in [9.17, 15) is 4.39 Å². The molecule has 0 spiro atoms. The maximum atomic E-state index is 12.6. The second-order valence-corrected chi connectivity index (χ2v) is 2.29. The van der Waals surface area contributed by atoms with Gasteiger partial charge in [0, 0.05) is 0 Å². The molecule has 0 aliphatic carbocycles. The van der Waals surface area contributed by atoms with Crippen LogP contribution >= 0.6 is 0 Å². The van der Waals surface area contributed by atoms with E-state index in [1.165, 1.54) is 6.07 Å². The van der Waals surface area contributed by atoms with Gasteiger partial charge in [-0.3, -0.25) is 0 Å². The van der Waals surface area contributed by atoms with Gasteiger partial charge in [0.05, 0.1) is 0 Å². The monoisotopic (exact) mass is 131 g/mol. The molecule has 0 bridgehead atoms. The van der Waals surface area contributed by atoms with Gasteiger partial charge in [0.2, 0.25) is 0 Å². The molecular weight excluding hydrogens is 124 g/mol. The van der Waals surface area contributed by atoms with Crippen molar-refractivity contribution in [1.82, 2.24) is 0 Å². The van der Waals surface area contributed by atoms with E-state index in [4.69, 9.17) is 5.73 Å². The van der Waals surface area contributed by atoms with Gasteiger partial charge in [0.1, 0.15) is 0 Å². The molecule has 48 valence electrons. The number of hydrogen-bond acceptors (Lipinski definition) is 1. The quantitative estimate of drug-likeness (QED) is 0.536. The Hall–Kier alpha value is -0.293. The van der Waals surface area contributed by atoms with Crippen molar-refractivity contribution in [3.05, 3.63) is 29.6 Å². The SMILES string of the molecule is [Li][c]1cc(CN)ccc1F. The third-order valence-electron chi connectivity index (χ3n) is 1.46. The molecule has 1 aromatic carbocycles. The number of halogens is 1. The van der Waals surface area contributed by atoms with Crippen LogP contribution in [0, 0.1) is 5.82 Å². The summed E-state index contributed by atoms with van der Waals surface area (Å²) >= 11 is 1.73. The first-order chi connectivity index (χ1) is 4.74. The van der Waals surface area contributed by atoms with E-state index in [0.29, 0.717) is 10.8 Å². The maximum absolute atomic E-state index is 12.6. The third kappa shape index (κ3) is 1.60. The molecule has 3 heteroatoms. The molecule has 0 aromatic heterocycles. The first kappa shape index (κ1) is 7.81. The molecule has 0 unspecified atom stereocenters. The molecule has 0 radical (unpaired) electrons. The Morgan fingerprint density at radius 2 is 2.20 bits per heavy atom. The summed E-state index contributed by atoms with van der Waals surface area (Å²) in [6, 6.07) is 4.90. The van der Waals surface area contributed by atoms with E-state index in [-0.39, 0.29) is 5.82 Å². The molecule has 0 fully saturated rings. The second kappa shape index (κ2) is 3.20. The number of hydrogen-bond donors (Lipinski definition) is 1. The van der Waals surface area contributed by atoms with E-state index < -0.39 is 0 Å². The zero-order chi connectivity index (χ0) is 7.56. The fraction of sp³-hybridized carbons (Fsp3) is 0.143. The van der Waals surface area contributed by atoms with E-state index in [2.05, 4.69) is 0 Å². The molecule has 10 heavy (non-hydrogen) atoms. The zero-order valence-electron chi connectivity index (χ0n) is 5.89. The van der Waals surface area contributed by atoms with Gasteiger partial charge in [-0.15, -0.1) is 0 Å². The molecule has 0 aliphatic heterocycles. The van der Waals surface area contributed by atoms with Gasteiger partial charge in [-0.2, -0.15) is 0 Å². The zero-order valence-corrected chi connectivity index (χ0v) is 5.89. The summed E-state index contributed by atoms with van der Waals surface area (Å²) in [6.07, 6.45) is 0. The van der Waals surface area contributed by atoms with Crippen LogP contribution in [0.15, 0.2) is 18.2 Å². The van der Waals surface area contributed by atoms with Crippen LogP contribution in [0.3, 0.4) is 0 Å². The summed E-state index contributed by atoms with van der Waals surface area (Å²) in [5, 5.41) is 0. The Morgan fingerprint density at radius 3 is 2.70 bits per heavy atom. The molecule has 1 rings (SSSR count). The molecule has 2 N–H and O–H groups in total. The molecule has 0 amide bonds. The van der Waals surface area contributed by atoms with Crippen molar-refractivity contribution in [3.8, 4) is 0 Å². The van der Waals surface area contributed by atoms with Crippen LogP contribution in [-0.2, 0) is 6.54 Å². The van der Waals surface area contributed by atoms with Gasteiger partial charge in [0.25, 0.3) is 0 Å². The molecule has 1 nitrogen and oxygen atoms in total. The van der Waals surface area contributed by atoms with Gasteiger partial charge in [-0.1, -0.05) is 0 Å². The fourth-order valence-electron chi connectivity index (χ4n) is 0.834. The van der Waals surface area contributed by atoms with Crippen LogP contribution in [-0.4, -0.2) is 17.7 Å². The van der Waals surface area contributed by atoms with Crippen LogP contribution in [0.5, 0.6) is 0 Å². The van der Waals surface area contributed by atoms with Crippen molar-refractivity contribution in [2.75, 3.05) is 0 Å². The van der Waals surface area contributed by atoms with Crippen molar-refractivity contribution in [3.63, 3.8) is 0 Å². The summed E-state index contributed by atoms with van der Waals surface area (Å²) in [4.78, 5) is 0. The van der Waals surface area contributed by atoms with Gasteiger partial charge in [-0.05, 0) is 0 Å². The molecule has 0 saturated heterocycles. The molecular formula is C7H7FLiN. The Bertz CT molecular complexity index is 237. The normalized spacial score (nSPS) is 10.0. The van der Waals surface area contributed by atoms with Crippen LogP contribution in [0.1, 0.15) is 5.56 Å². The average Bonchev–Trinajstić information content (AvgIpc) is 1.95. The second-order valence-electron chi connectivity index (χ2n) is 2.29. The topological polar surface area (TPSA) is 26.0 Å². The van der Waals surface area contributed by atoms with Crippen molar-refractivity contribution in [1.29, 1.82) is 0 Å². The van der Waals surface area contributed by atoms with Crippen molar-refractivity contribution in [2.45, 2.75) is 6.54 Å². The van der Waals surface area contributed by atoms with Gasteiger partial charge in [0.15, 0.2) is 0 Å². The summed E-state index contributed by atoms with van der Waals surface area (Å²) in [5.74, 6) is -0.169. The molecule has 1 aromatic rings. The predicted molar refractivity (Wildman–Crippen MR) is 39.7 cm³/mol. The number of benzene rings is 1. The van der Waals surface area contributed by atoms with E-state index in [0.717, 1.165) is 5.56 Å². The molecule has 0 saturated carbocycles. The minimum absolute atomic E-state index is 0.169. The number of nitrogens with two attached hydrogens (primary N) is 1. The third-order valence-corrected chi connectivity index (χ3v) is 1.46. The van der Waals surface area contributed by atoms with Gasteiger partial charge in [-0.25, -0.2) is 0 Å². The van der Waals surface area contributed by atoms with Crippen molar-refractivity contribution in [2.24, 2.45) is 5.73 Å². The fourth-order valence-corrected chi connectivity index (χ4v) is 0.834. The molecule has 0 atom stereocenters. The summed E-state index contributed by atoms with van der Waals surface area (Å²) in [7, 11) is 0. The first-order valence-electron chi connectivity index (χ1n) is 3.19. The van der Waals surface area contributed by atoms with Crippen LogP contribution < -0.4 is 9.97 Å². The van der Waals surface area contributed by atoms with Crippen LogP contribution in [0.2, 0.25) is 0 Å². The average molecular weight is 131 g/mol. The Morgan fingerprint density at radius 1 is 1.50 bits per heavy atom. The first-order valence-corrected chi connectivity index (χ1v) is 3.19. The Balaban J connectivity index is 3.04. The minimum atomic E-state index is -0.169. The summed E-state index contributed by atoms with van der Waals surface area (Å²) in [5.41, 5.74) is 6.32. The van der Waals surface area contributed by atoms with Crippen molar-refractivity contribution >= 4 is 22.0 Å². The summed E-state index contributed by atoms with van der Waals surface area (Å²) < 4.78 is 13.2. The molecule has 0 heterocycles. The van der Waals surface area contributed by atoms with Crippen molar-refractivity contribution < 1.29 is 4.39 Å². The molecule has 0 aliphatic rings. The van der Waals surface area contributed by atoms with E-state index in [1.807, 2.05) is 0 Å². The summed E-state index contributed by atoms with van der Waals surface area (Å²) in [6.45, 7) is 0.473. The van der Waals surface area contributed by atoms with Crippen LogP contribution in [0.4, 0.5) is 4.39 Å². The Labute approximate surface area is 68.6 Å². The van der Waals surface area contributed by atoms with Crippen LogP contribution in [0.25, 0.3) is 0 Å². The van der Waals surface area contributed by atoms with E-state index in [1.54, 1.807) is 29.8 Å². The number of rotatable bonds is 1. The Kier molecular flexibility index (Phi) is 2.50. The van der Waals surface area contributed by atoms with Gasteiger partial charge < -0.3 is 0 Å². The van der Waals surface area contributed by atoms with E-state index >= 15 is 0 Å². The standard InChI is InChI=1S/C7H7FN.Li/c8-7-3-1-6(5-9)2-4-7;/h1-3H,5,9H2;. The van der Waals surface area contributed by atoms with Gasteiger partial charge >= 0.3 is 68.2 Å². The predicted octanol–water partition coefficient (Wildman–Crippen LogP) is 0.0782.